The van der Waals surface area contributed by atoms with E-state index in [1.165, 1.54) is 12.3 Å². The summed E-state index contributed by atoms with van der Waals surface area (Å²) in [5, 5.41) is 5.20. The van der Waals surface area contributed by atoms with Crippen LogP contribution in [0.15, 0.2) is 42.7 Å². The molecule has 1 atom stereocenters. The minimum Gasteiger partial charge on any atom is -0.494 e. The van der Waals surface area contributed by atoms with Gasteiger partial charge in [-0.3, -0.25) is 4.98 Å². The van der Waals surface area contributed by atoms with E-state index in [2.05, 4.69) is 15.6 Å². The van der Waals surface area contributed by atoms with Crippen molar-refractivity contribution in [1.29, 1.82) is 0 Å². The van der Waals surface area contributed by atoms with Gasteiger partial charge in [0.1, 0.15) is 5.75 Å². The lowest BCUT2D eigenvalue weighted by Crippen LogP contribution is -2.31. The lowest BCUT2D eigenvalue weighted by Gasteiger charge is -2.16. The summed E-state index contributed by atoms with van der Waals surface area (Å²) < 4.78 is 18.9. The van der Waals surface area contributed by atoms with Crippen molar-refractivity contribution in [3.05, 3.63) is 54.1 Å². The summed E-state index contributed by atoms with van der Waals surface area (Å²) >= 11 is 0. The molecule has 1 aromatic carbocycles. The summed E-state index contributed by atoms with van der Waals surface area (Å²) in [6.07, 6.45) is 2.46. The molecule has 0 saturated heterocycles. The summed E-state index contributed by atoms with van der Waals surface area (Å²) in [6, 6.07) is 8.13. The van der Waals surface area contributed by atoms with Crippen molar-refractivity contribution in [2.24, 2.45) is 0 Å². The van der Waals surface area contributed by atoms with Crippen LogP contribution in [0.4, 0.5) is 14.9 Å². The van der Waals surface area contributed by atoms with Crippen LogP contribution in [-0.4, -0.2) is 17.6 Å². The lowest BCUT2D eigenvalue weighted by molar-refractivity contribution is 0.249. The number of anilines is 1. The molecule has 116 valence electrons. The van der Waals surface area contributed by atoms with E-state index in [9.17, 15) is 9.18 Å². The number of aromatic nitrogens is 1. The lowest BCUT2D eigenvalue weighted by atomic mass is 10.1. The Hall–Kier alpha value is -2.63. The van der Waals surface area contributed by atoms with Gasteiger partial charge in [-0.15, -0.1) is 0 Å². The van der Waals surface area contributed by atoms with Gasteiger partial charge >= 0.3 is 6.03 Å². The highest BCUT2D eigenvalue weighted by Gasteiger charge is 2.12. The largest absolute Gasteiger partial charge is 0.494 e. The van der Waals surface area contributed by atoms with Gasteiger partial charge in [-0.2, -0.15) is 0 Å². The average molecular weight is 303 g/mol. The smallest absolute Gasteiger partial charge is 0.319 e. The number of nitrogens with zero attached hydrogens (tertiary/aromatic N) is 1. The maximum atomic E-state index is 13.4. The number of ether oxygens (including phenoxy) is 1. The molecule has 0 saturated carbocycles. The van der Waals surface area contributed by atoms with Crippen molar-refractivity contribution < 1.29 is 13.9 Å². The van der Waals surface area contributed by atoms with Gasteiger partial charge in [0, 0.05) is 6.20 Å². The number of amides is 2. The fourth-order valence-electron chi connectivity index (χ4n) is 1.96. The van der Waals surface area contributed by atoms with Gasteiger partial charge in [-0.05, 0) is 37.6 Å². The van der Waals surface area contributed by atoms with Crippen LogP contribution in [0.25, 0.3) is 0 Å². The van der Waals surface area contributed by atoms with Crippen LogP contribution in [0.5, 0.6) is 5.75 Å². The highest BCUT2D eigenvalue weighted by molar-refractivity contribution is 5.89. The molecule has 0 spiro atoms. The number of rotatable bonds is 5. The molecule has 6 heteroatoms. The average Bonchev–Trinajstić information content (AvgIpc) is 2.50. The number of benzene rings is 1. The van der Waals surface area contributed by atoms with Crippen LogP contribution in [-0.2, 0) is 0 Å². The molecule has 0 aliphatic carbocycles. The molecule has 22 heavy (non-hydrogen) atoms. The Morgan fingerprint density at radius 2 is 2.23 bits per heavy atom. The number of halogens is 1. The molecule has 0 fully saturated rings. The van der Waals surface area contributed by atoms with E-state index in [4.69, 9.17) is 4.74 Å². The summed E-state index contributed by atoms with van der Waals surface area (Å²) in [5.74, 6) is 0.165. The van der Waals surface area contributed by atoms with Crippen LogP contribution in [0.3, 0.4) is 0 Å². The van der Waals surface area contributed by atoms with Crippen molar-refractivity contribution in [3.63, 3.8) is 0 Å². The Morgan fingerprint density at radius 3 is 2.95 bits per heavy atom. The third kappa shape index (κ3) is 4.18. The minimum absolute atomic E-state index is 0.0859. The van der Waals surface area contributed by atoms with E-state index in [0.29, 0.717) is 6.61 Å². The number of urea groups is 1. The summed E-state index contributed by atoms with van der Waals surface area (Å²) in [7, 11) is 0. The third-order valence-corrected chi connectivity index (χ3v) is 3.04. The van der Waals surface area contributed by atoms with Crippen LogP contribution in [0, 0.1) is 5.82 Å². The zero-order valence-corrected chi connectivity index (χ0v) is 12.5. The molecule has 0 aliphatic rings. The Kier molecular flexibility index (Phi) is 5.30. The predicted molar refractivity (Wildman–Crippen MR) is 82.4 cm³/mol. The predicted octanol–water partition coefficient (Wildman–Crippen LogP) is 3.50. The third-order valence-electron chi connectivity index (χ3n) is 3.04. The first kappa shape index (κ1) is 15.8. The molecule has 2 aromatic rings. The first-order valence-electron chi connectivity index (χ1n) is 7.00. The topological polar surface area (TPSA) is 63.2 Å². The van der Waals surface area contributed by atoms with Crippen molar-refractivity contribution in [2.75, 3.05) is 11.9 Å². The number of hydrogen-bond acceptors (Lipinski definition) is 3. The fraction of sp³-hybridized carbons (Fsp3) is 0.250. The first-order chi connectivity index (χ1) is 10.6. The first-order valence-corrected chi connectivity index (χ1v) is 7.00. The zero-order valence-electron chi connectivity index (χ0n) is 12.5. The molecule has 5 nitrogen and oxygen atoms in total. The zero-order chi connectivity index (χ0) is 15.9. The molecule has 1 aromatic heterocycles. The quantitative estimate of drug-likeness (QED) is 0.888. The summed E-state index contributed by atoms with van der Waals surface area (Å²) in [4.78, 5) is 15.5. The highest BCUT2D eigenvalue weighted by Crippen LogP contribution is 2.19. The van der Waals surface area contributed by atoms with Gasteiger partial charge in [-0.1, -0.05) is 12.1 Å². The van der Waals surface area contributed by atoms with E-state index >= 15 is 0 Å². The van der Waals surface area contributed by atoms with Gasteiger partial charge in [-0.25, -0.2) is 9.18 Å². The van der Waals surface area contributed by atoms with Crippen LogP contribution in [0.1, 0.15) is 25.5 Å². The van der Waals surface area contributed by atoms with Crippen LogP contribution in [0.2, 0.25) is 0 Å². The molecule has 2 amide bonds. The second-order valence-corrected chi connectivity index (χ2v) is 4.68. The number of carbonyl (C=O) groups excluding carboxylic acids is 1. The standard InChI is InChI=1S/C16H18FN3O2/c1-3-22-13-6-4-5-12(9-13)11(2)19-16(21)20-15-7-8-18-10-14(15)17/h4-11H,3H2,1-2H3,(H2,18,19,20,21)/t11-/m0/s1. The molecule has 0 bridgehead atoms. The van der Waals surface area contributed by atoms with Gasteiger partial charge < -0.3 is 15.4 Å². The van der Waals surface area contributed by atoms with E-state index in [1.807, 2.05) is 38.1 Å². The Bertz CT molecular complexity index is 649. The van der Waals surface area contributed by atoms with Gasteiger partial charge in [0.25, 0.3) is 0 Å². The van der Waals surface area contributed by atoms with Gasteiger partial charge in [0.05, 0.1) is 24.5 Å². The van der Waals surface area contributed by atoms with E-state index < -0.39 is 11.8 Å². The molecule has 1 heterocycles. The number of hydrogen-bond donors (Lipinski definition) is 2. The normalized spacial score (nSPS) is 11.6. The van der Waals surface area contributed by atoms with Crippen LogP contribution >= 0.6 is 0 Å². The molecular weight excluding hydrogens is 285 g/mol. The molecule has 2 N–H and O–H groups in total. The molecular formula is C16H18FN3O2. The van der Waals surface area contributed by atoms with Crippen molar-refractivity contribution in [1.82, 2.24) is 10.3 Å². The number of pyridine rings is 1. The fourth-order valence-corrected chi connectivity index (χ4v) is 1.96. The summed E-state index contributed by atoms with van der Waals surface area (Å²) in [6.45, 7) is 4.33. The molecule has 0 unspecified atom stereocenters. The second kappa shape index (κ2) is 7.40. The minimum atomic E-state index is -0.580. The highest BCUT2D eigenvalue weighted by atomic mass is 19.1. The van der Waals surface area contributed by atoms with E-state index in [0.717, 1.165) is 17.5 Å². The monoisotopic (exact) mass is 303 g/mol. The number of carbonyl (C=O) groups is 1. The number of nitrogens with one attached hydrogen (secondary N) is 2. The van der Waals surface area contributed by atoms with Crippen molar-refractivity contribution in [3.8, 4) is 5.75 Å². The Labute approximate surface area is 128 Å². The maximum absolute atomic E-state index is 13.4. The maximum Gasteiger partial charge on any atom is 0.319 e. The van der Waals surface area contributed by atoms with E-state index in [-0.39, 0.29) is 11.7 Å². The van der Waals surface area contributed by atoms with Crippen molar-refractivity contribution in [2.45, 2.75) is 19.9 Å². The summed E-state index contributed by atoms with van der Waals surface area (Å²) in [5.41, 5.74) is 0.985. The SMILES string of the molecule is CCOc1cccc([C@H](C)NC(=O)Nc2ccncc2F)c1. The Balaban J connectivity index is 1.99. The molecule has 0 radical (unpaired) electrons. The van der Waals surface area contributed by atoms with Gasteiger partial charge in [0.2, 0.25) is 0 Å². The Morgan fingerprint density at radius 1 is 1.41 bits per heavy atom. The van der Waals surface area contributed by atoms with Gasteiger partial charge in [0.15, 0.2) is 5.82 Å². The van der Waals surface area contributed by atoms with E-state index in [1.54, 1.807) is 0 Å². The molecule has 0 aliphatic heterocycles. The van der Waals surface area contributed by atoms with Crippen molar-refractivity contribution >= 4 is 11.7 Å². The molecule has 2 rings (SSSR count). The second-order valence-electron chi connectivity index (χ2n) is 4.68. The van der Waals surface area contributed by atoms with Crippen LogP contribution < -0.4 is 15.4 Å².